The van der Waals surface area contributed by atoms with E-state index in [9.17, 15) is 4.79 Å². The van der Waals surface area contributed by atoms with Crippen molar-refractivity contribution in [2.45, 2.75) is 11.8 Å². The zero-order chi connectivity index (χ0) is 12.1. The highest BCUT2D eigenvalue weighted by molar-refractivity contribution is 14.1. The fourth-order valence-corrected chi connectivity index (χ4v) is 2.15. The van der Waals surface area contributed by atoms with Gasteiger partial charge in [0, 0.05) is 4.90 Å². The molecule has 1 aromatic rings. The molecule has 0 bridgehead atoms. The van der Waals surface area contributed by atoms with Gasteiger partial charge in [-0.1, -0.05) is 12.1 Å². The van der Waals surface area contributed by atoms with Crippen LogP contribution < -0.4 is 0 Å². The van der Waals surface area contributed by atoms with Crippen LogP contribution in [0.3, 0.4) is 0 Å². The maximum Gasteiger partial charge on any atom is 0.344 e. The predicted octanol–water partition coefficient (Wildman–Crippen LogP) is 3.75. The van der Waals surface area contributed by atoms with E-state index in [1.165, 1.54) is 12.0 Å². The van der Waals surface area contributed by atoms with Crippen LogP contribution in [0.5, 0.6) is 0 Å². The summed E-state index contributed by atoms with van der Waals surface area (Å²) in [5.74, 6) is -0.285. The highest BCUT2D eigenvalue weighted by Crippen LogP contribution is 2.25. The lowest BCUT2D eigenvalue weighted by Gasteiger charge is -2.05. The van der Waals surface area contributed by atoms with Crippen LogP contribution in [0.4, 0.5) is 0 Å². The van der Waals surface area contributed by atoms with E-state index >= 15 is 0 Å². The lowest BCUT2D eigenvalue weighted by molar-refractivity contribution is -0.134. The van der Waals surface area contributed by atoms with E-state index in [0.717, 1.165) is 11.1 Å². The van der Waals surface area contributed by atoms with Gasteiger partial charge in [0.05, 0.1) is 7.11 Å². The van der Waals surface area contributed by atoms with E-state index < -0.39 is 0 Å². The quantitative estimate of drug-likeness (QED) is 0.360. The Hall–Kier alpha value is -0.490. The molecule has 16 heavy (non-hydrogen) atoms. The Kier molecular flexibility index (Phi) is 5.34. The van der Waals surface area contributed by atoms with E-state index in [0.29, 0.717) is 3.58 Å². The standard InChI is InChI=1S/C12H13IO2S/c1-8(11(13)12(14)15-2)9-4-6-10(16-3)7-5-9/h4-7H,1-3H3/b11-8-. The van der Waals surface area contributed by atoms with Gasteiger partial charge in [0.1, 0.15) is 3.58 Å². The predicted molar refractivity (Wildman–Crippen MR) is 76.9 cm³/mol. The van der Waals surface area contributed by atoms with Crippen LogP contribution >= 0.6 is 34.4 Å². The maximum absolute atomic E-state index is 11.4. The van der Waals surface area contributed by atoms with E-state index in [2.05, 4.69) is 0 Å². The molecule has 0 unspecified atom stereocenters. The summed E-state index contributed by atoms with van der Waals surface area (Å²) in [7, 11) is 1.39. The number of carbonyl (C=O) groups is 1. The van der Waals surface area contributed by atoms with Gasteiger partial charge in [-0.15, -0.1) is 11.8 Å². The van der Waals surface area contributed by atoms with Gasteiger partial charge in [-0.3, -0.25) is 0 Å². The second-order valence-corrected chi connectivity index (χ2v) is 5.12. The molecule has 0 spiro atoms. The molecule has 0 aliphatic heterocycles. The Morgan fingerprint density at radius 1 is 1.31 bits per heavy atom. The summed E-state index contributed by atoms with van der Waals surface area (Å²) in [6.45, 7) is 1.92. The minimum atomic E-state index is -0.285. The number of allylic oxidation sites excluding steroid dienone is 1. The number of esters is 1. The molecule has 1 rings (SSSR count). The number of halogens is 1. The van der Waals surface area contributed by atoms with Gasteiger partial charge in [-0.2, -0.15) is 0 Å². The van der Waals surface area contributed by atoms with E-state index in [-0.39, 0.29) is 5.97 Å². The molecule has 0 radical (unpaired) electrons. The van der Waals surface area contributed by atoms with Crippen molar-refractivity contribution < 1.29 is 9.53 Å². The van der Waals surface area contributed by atoms with Crippen LogP contribution in [0.15, 0.2) is 32.7 Å². The third kappa shape index (κ3) is 3.25. The molecule has 0 aromatic heterocycles. The van der Waals surface area contributed by atoms with Crippen molar-refractivity contribution in [1.29, 1.82) is 0 Å². The lowest BCUT2D eigenvalue weighted by Crippen LogP contribution is -2.01. The molecule has 0 saturated heterocycles. The summed E-state index contributed by atoms with van der Waals surface area (Å²) < 4.78 is 5.31. The summed E-state index contributed by atoms with van der Waals surface area (Å²) in [6, 6.07) is 8.13. The van der Waals surface area contributed by atoms with E-state index in [1.54, 1.807) is 11.8 Å². The van der Waals surface area contributed by atoms with Crippen LogP contribution in [0.2, 0.25) is 0 Å². The molecule has 0 saturated carbocycles. The van der Waals surface area contributed by atoms with Crippen molar-refractivity contribution in [2.75, 3.05) is 13.4 Å². The highest BCUT2D eigenvalue weighted by Gasteiger charge is 2.10. The molecule has 4 heteroatoms. The van der Waals surface area contributed by atoms with E-state index in [1.807, 2.05) is 60.0 Å². The van der Waals surface area contributed by atoms with Gasteiger partial charge in [0.2, 0.25) is 0 Å². The molecule has 0 aliphatic rings. The Balaban J connectivity index is 3.03. The Morgan fingerprint density at radius 2 is 1.88 bits per heavy atom. The first-order chi connectivity index (χ1) is 7.60. The largest absolute Gasteiger partial charge is 0.465 e. The van der Waals surface area contributed by atoms with Crippen LogP contribution in [-0.4, -0.2) is 19.3 Å². The van der Waals surface area contributed by atoms with Gasteiger partial charge in [0.25, 0.3) is 0 Å². The molecule has 0 fully saturated rings. The Morgan fingerprint density at radius 3 is 2.31 bits per heavy atom. The second kappa shape index (κ2) is 6.30. The molecule has 0 heterocycles. The normalized spacial score (nSPS) is 12.0. The minimum Gasteiger partial charge on any atom is -0.465 e. The van der Waals surface area contributed by atoms with Gasteiger partial charge in [-0.25, -0.2) is 4.79 Å². The van der Waals surface area contributed by atoms with Gasteiger partial charge >= 0.3 is 5.97 Å². The number of ether oxygens (including phenoxy) is 1. The molecule has 86 valence electrons. The van der Waals surface area contributed by atoms with Gasteiger partial charge < -0.3 is 4.74 Å². The summed E-state index contributed by atoms with van der Waals surface area (Å²) in [6.07, 6.45) is 2.04. The third-order valence-corrected chi connectivity index (χ3v) is 4.21. The SMILES string of the molecule is COC(=O)/C(I)=C(\C)c1ccc(SC)cc1. The molecule has 1 aromatic carbocycles. The molecule has 2 nitrogen and oxygen atoms in total. The van der Waals surface area contributed by atoms with Crippen molar-refractivity contribution >= 4 is 45.9 Å². The number of thioether (sulfide) groups is 1. The number of hydrogen-bond donors (Lipinski definition) is 0. The third-order valence-electron chi connectivity index (χ3n) is 2.22. The van der Waals surface area contributed by atoms with Crippen LogP contribution in [0.25, 0.3) is 5.57 Å². The Labute approximate surface area is 114 Å². The van der Waals surface area contributed by atoms with Gasteiger partial charge in [0.15, 0.2) is 0 Å². The van der Waals surface area contributed by atoms with Crippen LogP contribution in [-0.2, 0) is 9.53 Å². The van der Waals surface area contributed by atoms with Crippen molar-refractivity contribution in [3.63, 3.8) is 0 Å². The average molecular weight is 348 g/mol. The lowest BCUT2D eigenvalue weighted by atomic mass is 10.1. The number of benzene rings is 1. The first-order valence-electron chi connectivity index (χ1n) is 4.69. The van der Waals surface area contributed by atoms with Crippen molar-refractivity contribution in [3.8, 4) is 0 Å². The first-order valence-corrected chi connectivity index (χ1v) is 6.99. The number of methoxy groups -OCH3 is 1. The highest BCUT2D eigenvalue weighted by atomic mass is 127. The average Bonchev–Trinajstić information content (AvgIpc) is 2.36. The zero-order valence-electron chi connectivity index (χ0n) is 9.41. The first kappa shape index (κ1) is 13.6. The fraction of sp³-hybridized carbons (Fsp3) is 0.250. The summed E-state index contributed by atoms with van der Waals surface area (Å²) in [5, 5.41) is 0. The zero-order valence-corrected chi connectivity index (χ0v) is 12.4. The minimum absolute atomic E-state index is 0.285. The maximum atomic E-state index is 11.4. The van der Waals surface area contributed by atoms with Crippen LogP contribution in [0, 0.1) is 0 Å². The topological polar surface area (TPSA) is 26.3 Å². The number of rotatable bonds is 3. The molecular weight excluding hydrogens is 335 g/mol. The fourth-order valence-electron chi connectivity index (χ4n) is 1.21. The molecule has 0 aliphatic carbocycles. The smallest absolute Gasteiger partial charge is 0.344 e. The second-order valence-electron chi connectivity index (χ2n) is 3.16. The monoisotopic (exact) mass is 348 g/mol. The summed E-state index contributed by atoms with van der Waals surface area (Å²) >= 11 is 3.71. The van der Waals surface area contributed by atoms with Crippen LogP contribution in [0.1, 0.15) is 12.5 Å². The Bertz CT molecular complexity index is 410. The van der Waals surface area contributed by atoms with Crippen molar-refractivity contribution in [3.05, 3.63) is 33.4 Å². The molecular formula is C12H13IO2S. The molecule has 0 N–H and O–H groups in total. The summed E-state index contributed by atoms with van der Waals surface area (Å²) in [4.78, 5) is 12.6. The number of hydrogen-bond acceptors (Lipinski definition) is 3. The molecule has 0 amide bonds. The van der Waals surface area contributed by atoms with Gasteiger partial charge in [-0.05, 0) is 59.0 Å². The number of carbonyl (C=O) groups excluding carboxylic acids is 1. The molecule has 0 atom stereocenters. The van der Waals surface area contributed by atoms with Crippen molar-refractivity contribution in [1.82, 2.24) is 0 Å². The van der Waals surface area contributed by atoms with Crippen molar-refractivity contribution in [2.24, 2.45) is 0 Å². The summed E-state index contributed by atoms with van der Waals surface area (Å²) in [5.41, 5.74) is 1.99. The van der Waals surface area contributed by atoms with E-state index in [4.69, 9.17) is 4.74 Å².